The summed E-state index contributed by atoms with van der Waals surface area (Å²) in [5, 5.41) is 13.3. The van der Waals surface area contributed by atoms with Gasteiger partial charge in [-0.05, 0) is 55.7 Å². The summed E-state index contributed by atoms with van der Waals surface area (Å²) >= 11 is 0. The molecule has 0 bridgehead atoms. The molecule has 1 aliphatic heterocycles. The van der Waals surface area contributed by atoms with Crippen LogP contribution in [0.3, 0.4) is 0 Å². The van der Waals surface area contributed by atoms with Gasteiger partial charge in [-0.3, -0.25) is 4.90 Å². The molecule has 5 heteroatoms. The molecule has 0 spiro atoms. The molecule has 3 aromatic rings. The highest BCUT2D eigenvalue weighted by Crippen LogP contribution is 2.32. The maximum absolute atomic E-state index is 11.0. The third-order valence-electron chi connectivity index (χ3n) is 5.95. The van der Waals surface area contributed by atoms with Gasteiger partial charge in [-0.15, -0.1) is 0 Å². The zero-order valence-electron chi connectivity index (χ0n) is 18.9. The first kappa shape index (κ1) is 21.6. The number of aliphatic hydroxyl groups is 1. The Morgan fingerprint density at radius 2 is 1.87 bits per heavy atom. The average Bonchev–Trinajstić information content (AvgIpc) is 2.94. The van der Waals surface area contributed by atoms with Gasteiger partial charge in [-0.1, -0.05) is 36.4 Å². The summed E-state index contributed by atoms with van der Waals surface area (Å²) in [7, 11) is 5.66. The molecule has 0 saturated carbocycles. The van der Waals surface area contributed by atoms with Crippen LogP contribution in [0.25, 0.3) is 10.8 Å². The maximum atomic E-state index is 11.0. The second-order valence-electron chi connectivity index (χ2n) is 8.87. The van der Waals surface area contributed by atoms with E-state index in [1.54, 1.807) is 7.11 Å². The molecule has 5 nitrogen and oxygen atoms in total. The van der Waals surface area contributed by atoms with Gasteiger partial charge in [0.05, 0.1) is 12.7 Å². The van der Waals surface area contributed by atoms with Crippen LogP contribution < -0.4 is 9.47 Å². The second kappa shape index (κ2) is 8.87. The summed E-state index contributed by atoms with van der Waals surface area (Å²) in [4.78, 5) is 4.41. The van der Waals surface area contributed by atoms with Gasteiger partial charge in [-0.2, -0.15) is 0 Å². The molecule has 0 fully saturated rings. The Labute approximate surface area is 184 Å². The minimum Gasteiger partial charge on any atom is -0.496 e. The van der Waals surface area contributed by atoms with Gasteiger partial charge in [-0.25, -0.2) is 0 Å². The predicted molar refractivity (Wildman–Crippen MR) is 125 cm³/mol. The summed E-state index contributed by atoms with van der Waals surface area (Å²) in [6.07, 6.45) is 0. The van der Waals surface area contributed by atoms with Gasteiger partial charge in [0.15, 0.2) is 0 Å². The van der Waals surface area contributed by atoms with Crippen molar-refractivity contribution in [3.05, 3.63) is 71.3 Å². The molecule has 0 aromatic heterocycles. The zero-order valence-corrected chi connectivity index (χ0v) is 18.9. The van der Waals surface area contributed by atoms with Crippen molar-refractivity contribution in [1.82, 2.24) is 9.80 Å². The molecule has 1 N–H and O–H groups in total. The van der Waals surface area contributed by atoms with Crippen LogP contribution in [0.2, 0.25) is 0 Å². The largest absolute Gasteiger partial charge is 0.496 e. The van der Waals surface area contributed by atoms with Gasteiger partial charge in [0, 0.05) is 37.1 Å². The van der Waals surface area contributed by atoms with E-state index in [1.807, 2.05) is 44.1 Å². The van der Waals surface area contributed by atoms with Crippen LogP contribution >= 0.6 is 0 Å². The summed E-state index contributed by atoms with van der Waals surface area (Å²) in [5.41, 5.74) is 2.39. The second-order valence-corrected chi connectivity index (χ2v) is 8.87. The van der Waals surface area contributed by atoms with Crippen LogP contribution in [-0.2, 0) is 18.7 Å². The SMILES string of the molecule is COc1ccc(CN2CCOc3ccc([C@](C)(O)CN(C)C)cc3C2)c2ccccc12. The molecule has 31 heavy (non-hydrogen) atoms. The maximum Gasteiger partial charge on any atom is 0.126 e. The van der Waals surface area contributed by atoms with E-state index >= 15 is 0 Å². The van der Waals surface area contributed by atoms with Crippen molar-refractivity contribution in [3.8, 4) is 11.5 Å². The van der Waals surface area contributed by atoms with Crippen molar-refractivity contribution in [1.29, 1.82) is 0 Å². The molecule has 4 rings (SSSR count). The highest BCUT2D eigenvalue weighted by molar-refractivity contribution is 5.91. The number of benzene rings is 3. The molecule has 1 atom stereocenters. The molecule has 0 amide bonds. The number of fused-ring (bicyclic) bond motifs is 2. The third kappa shape index (κ3) is 4.69. The lowest BCUT2D eigenvalue weighted by Gasteiger charge is -2.28. The van der Waals surface area contributed by atoms with E-state index in [1.165, 1.54) is 10.9 Å². The number of nitrogens with zero attached hydrogens (tertiary/aromatic N) is 2. The van der Waals surface area contributed by atoms with Crippen LogP contribution in [0, 0.1) is 0 Å². The van der Waals surface area contributed by atoms with Crippen molar-refractivity contribution in [3.63, 3.8) is 0 Å². The number of methoxy groups -OCH3 is 1. The molecule has 0 saturated heterocycles. The van der Waals surface area contributed by atoms with Crippen LogP contribution in [0.1, 0.15) is 23.6 Å². The fraction of sp³-hybridized carbons (Fsp3) is 0.385. The number of hydrogen-bond acceptors (Lipinski definition) is 5. The molecule has 0 unspecified atom stereocenters. The third-order valence-corrected chi connectivity index (χ3v) is 5.95. The normalized spacial score (nSPS) is 16.5. The first-order valence-corrected chi connectivity index (χ1v) is 10.8. The van der Waals surface area contributed by atoms with Crippen molar-refractivity contribution in [2.45, 2.75) is 25.6 Å². The smallest absolute Gasteiger partial charge is 0.126 e. The van der Waals surface area contributed by atoms with Crippen LogP contribution in [0.15, 0.2) is 54.6 Å². The van der Waals surface area contributed by atoms with E-state index in [0.29, 0.717) is 13.2 Å². The lowest BCUT2D eigenvalue weighted by molar-refractivity contribution is 0.0299. The predicted octanol–water partition coefficient (Wildman–Crippen LogP) is 4.01. The quantitative estimate of drug-likeness (QED) is 0.653. The number of ether oxygens (including phenoxy) is 2. The van der Waals surface area contributed by atoms with E-state index in [-0.39, 0.29) is 0 Å². The van der Waals surface area contributed by atoms with Crippen LogP contribution in [0.4, 0.5) is 0 Å². The standard InChI is InChI=1S/C26H32N2O3/c1-26(29,18-27(2)3)21-10-12-24-20(15-21)17-28(13-14-31-24)16-19-9-11-25(30-4)23-8-6-5-7-22(19)23/h5-12,15,29H,13-14,16-18H2,1-4H3/t26-/m1/s1. The summed E-state index contributed by atoms with van der Waals surface area (Å²) < 4.78 is 11.6. The Bertz CT molecular complexity index is 1060. The van der Waals surface area contributed by atoms with Crippen molar-refractivity contribution in [2.75, 3.05) is 40.9 Å². The van der Waals surface area contributed by atoms with Crippen LogP contribution in [-0.4, -0.2) is 55.8 Å². The van der Waals surface area contributed by atoms with Crippen LogP contribution in [0.5, 0.6) is 11.5 Å². The van der Waals surface area contributed by atoms with Gasteiger partial charge >= 0.3 is 0 Å². The van der Waals surface area contributed by atoms with Gasteiger partial charge in [0.2, 0.25) is 0 Å². The Balaban J connectivity index is 1.61. The molecule has 1 aliphatic rings. The molecular weight excluding hydrogens is 388 g/mol. The van der Waals surface area contributed by atoms with E-state index < -0.39 is 5.60 Å². The average molecular weight is 421 g/mol. The van der Waals surface area contributed by atoms with Crippen molar-refractivity contribution >= 4 is 10.8 Å². The van der Waals surface area contributed by atoms with E-state index in [9.17, 15) is 5.11 Å². The zero-order chi connectivity index (χ0) is 22.0. The van der Waals surface area contributed by atoms with Gasteiger partial charge in [0.25, 0.3) is 0 Å². The molecule has 0 radical (unpaired) electrons. The fourth-order valence-electron chi connectivity index (χ4n) is 4.52. The lowest BCUT2D eigenvalue weighted by atomic mass is 9.93. The molecular formula is C26H32N2O3. The monoisotopic (exact) mass is 420 g/mol. The highest BCUT2D eigenvalue weighted by Gasteiger charge is 2.26. The van der Waals surface area contributed by atoms with E-state index in [0.717, 1.165) is 47.6 Å². The first-order chi connectivity index (χ1) is 14.9. The van der Waals surface area contributed by atoms with Gasteiger partial charge in [0.1, 0.15) is 18.1 Å². The summed E-state index contributed by atoms with van der Waals surface area (Å²) in [6, 6.07) is 18.7. The number of likely N-dealkylation sites (N-methyl/N-ethyl adjacent to an activating group) is 1. The first-order valence-electron chi connectivity index (χ1n) is 10.8. The van der Waals surface area contributed by atoms with Gasteiger partial charge < -0.3 is 19.5 Å². The Hall–Kier alpha value is -2.60. The van der Waals surface area contributed by atoms with E-state index in [4.69, 9.17) is 9.47 Å². The van der Waals surface area contributed by atoms with Crippen molar-refractivity contribution < 1.29 is 14.6 Å². The number of hydrogen-bond donors (Lipinski definition) is 1. The Morgan fingerprint density at radius 3 is 2.61 bits per heavy atom. The van der Waals surface area contributed by atoms with Crippen molar-refractivity contribution in [2.24, 2.45) is 0 Å². The molecule has 1 heterocycles. The topological polar surface area (TPSA) is 45.2 Å². The lowest BCUT2D eigenvalue weighted by Crippen LogP contribution is -2.34. The Kier molecular flexibility index (Phi) is 6.19. The molecule has 3 aromatic carbocycles. The highest BCUT2D eigenvalue weighted by atomic mass is 16.5. The summed E-state index contributed by atoms with van der Waals surface area (Å²) in [5.74, 6) is 1.81. The minimum absolute atomic E-state index is 0.564. The molecule has 0 aliphatic carbocycles. The minimum atomic E-state index is -0.915. The number of rotatable bonds is 6. The van der Waals surface area contributed by atoms with E-state index in [2.05, 4.69) is 41.3 Å². The summed E-state index contributed by atoms with van der Waals surface area (Å²) in [6.45, 7) is 5.53. The fourth-order valence-corrected chi connectivity index (χ4v) is 4.52. The molecule has 164 valence electrons. The Morgan fingerprint density at radius 1 is 1.10 bits per heavy atom.